The highest BCUT2D eigenvalue weighted by Crippen LogP contribution is 2.30. The molecule has 0 unspecified atom stereocenters. The van der Waals surface area contributed by atoms with E-state index in [-0.39, 0.29) is 5.97 Å². The van der Waals surface area contributed by atoms with Crippen molar-refractivity contribution >= 4 is 22.7 Å². The van der Waals surface area contributed by atoms with Gasteiger partial charge in [-0.3, -0.25) is 0 Å². The van der Waals surface area contributed by atoms with Crippen molar-refractivity contribution in [2.24, 2.45) is 0 Å². The van der Waals surface area contributed by atoms with Gasteiger partial charge in [0.05, 0.1) is 18.2 Å². The van der Waals surface area contributed by atoms with E-state index in [9.17, 15) is 9.59 Å². The minimum Gasteiger partial charge on any atom is -0.493 e. The van der Waals surface area contributed by atoms with Gasteiger partial charge < -0.3 is 14.6 Å². The average Bonchev–Trinajstić information content (AvgIpc) is 2.83. The summed E-state index contributed by atoms with van der Waals surface area (Å²) in [4.78, 5) is 23.3. The molecule has 5 nitrogen and oxygen atoms in total. The number of carbonyl (C=O) groups excluding carboxylic acids is 1. The third-order valence-corrected chi connectivity index (χ3v) is 5.74. The summed E-state index contributed by atoms with van der Waals surface area (Å²) in [6.07, 6.45) is 0.897. The van der Waals surface area contributed by atoms with Crippen molar-refractivity contribution in [2.45, 2.75) is 34.1 Å². The molecule has 0 saturated carbocycles. The van der Waals surface area contributed by atoms with Crippen molar-refractivity contribution in [2.75, 3.05) is 7.11 Å². The summed E-state index contributed by atoms with van der Waals surface area (Å²) < 4.78 is 10.9. The summed E-state index contributed by atoms with van der Waals surface area (Å²) in [5, 5.41) is 10.7. The summed E-state index contributed by atoms with van der Waals surface area (Å²) >= 11 is 0. The van der Waals surface area contributed by atoms with E-state index in [0.717, 1.165) is 39.4 Å². The van der Waals surface area contributed by atoms with Crippen LogP contribution in [0.15, 0.2) is 72.8 Å². The van der Waals surface area contributed by atoms with Crippen molar-refractivity contribution in [3.63, 3.8) is 0 Å². The molecule has 5 heteroatoms. The highest BCUT2D eigenvalue weighted by Gasteiger charge is 2.15. The first-order valence-corrected chi connectivity index (χ1v) is 11.4. The van der Waals surface area contributed by atoms with Crippen LogP contribution >= 0.6 is 0 Å². The number of esters is 1. The monoisotopic (exact) mass is 470 g/mol. The number of fused-ring (bicyclic) bond motifs is 1. The summed E-state index contributed by atoms with van der Waals surface area (Å²) in [7, 11) is 1.57. The molecule has 4 rings (SSSR count). The smallest absolute Gasteiger partial charge is 0.344 e. The van der Waals surface area contributed by atoms with Crippen molar-refractivity contribution in [1.29, 1.82) is 0 Å². The second-order valence-electron chi connectivity index (χ2n) is 8.33. The number of aryl methyl sites for hydroxylation is 4. The number of carboxylic acid groups (broad SMARTS) is 1. The Hall–Kier alpha value is -4.12. The Kier molecular flexibility index (Phi) is 8.26. The molecule has 0 fully saturated rings. The van der Waals surface area contributed by atoms with Crippen LogP contribution < -0.4 is 9.47 Å². The van der Waals surface area contributed by atoms with Crippen LogP contribution in [0.2, 0.25) is 0 Å². The highest BCUT2D eigenvalue weighted by atomic mass is 16.6. The van der Waals surface area contributed by atoms with Gasteiger partial charge in [0, 0.05) is 0 Å². The predicted octanol–water partition coefficient (Wildman–Crippen LogP) is 6.94. The molecule has 0 saturated heterocycles. The van der Waals surface area contributed by atoms with E-state index >= 15 is 0 Å². The first-order chi connectivity index (χ1) is 16.7. The Balaban J connectivity index is 0.000000241. The molecule has 1 N–H and O–H groups in total. The predicted molar refractivity (Wildman–Crippen MR) is 139 cm³/mol. The zero-order chi connectivity index (χ0) is 25.5. The first-order valence-electron chi connectivity index (χ1n) is 11.4. The molecule has 0 atom stereocenters. The molecule has 0 bridgehead atoms. The van der Waals surface area contributed by atoms with Crippen LogP contribution in [0.25, 0.3) is 10.8 Å². The maximum absolute atomic E-state index is 12.6. The van der Waals surface area contributed by atoms with Crippen molar-refractivity contribution in [3.05, 3.63) is 106 Å². The van der Waals surface area contributed by atoms with Gasteiger partial charge in [0.2, 0.25) is 0 Å². The molecule has 0 radical (unpaired) electrons. The Morgan fingerprint density at radius 3 is 2.11 bits per heavy atom. The van der Waals surface area contributed by atoms with Gasteiger partial charge in [-0.2, -0.15) is 0 Å². The largest absolute Gasteiger partial charge is 0.493 e. The normalized spacial score (nSPS) is 10.3. The topological polar surface area (TPSA) is 72.8 Å². The highest BCUT2D eigenvalue weighted by molar-refractivity contribution is 6.05. The van der Waals surface area contributed by atoms with E-state index in [1.54, 1.807) is 19.2 Å². The number of ether oxygens (including phenoxy) is 2. The maximum atomic E-state index is 12.6. The standard InChI is InChI=1S/C20H18O3.C10H12O2/c1-3-14-11-12-18(19(13-14)22-2)23-20(21)17-10-6-8-15-7-4-5-9-16(15)17;1-6-4-7(2)9(10(11)12)8(3)5-6/h4-13H,3H2,1-2H3;4-5H,1-3H3,(H,11,12). The van der Waals surface area contributed by atoms with E-state index in [4.69, 9.17) is 14.6 Å². The Labute approximate surface area is 205 Å². The van der Waals surface area contributed by atoms with Crippen LogP contribution in [0.1, 0.15) is 49.9 Å². The lowest BCUT2D eigenvalue weighted by Crippen LogP contribution is -2.10. The van der Waals surface area contributed by atoms with E-state index in [0.29, 0.717) is 22.6 Å². The van der Waals surface area contributed by atoms with Crippen molar-refractivity contribution in [1.82, 2.24) is 0 Å². The molecule has 180 valence electrons. The van der Waals surface area contributed by atoms with Crippen LogP contribution in [-0.4, -0.2) is 24.2 Å². The van der Waals surface area contributed by atoms with Crippen molar-refractivity contribution < 1.29 is 24.2 Å². The molecule has 0 aliphatic carbocycles. The van der Waals surface area contributed by atoms with Crippen LogP contribution in [0, 0.1) is 20.8 Å². The Morgan fingerprint density at radius 2 is 1.49 bits per heavy atom. The summed E-state index contributed by atoms with van der Waals surface area (Å²) in [6, 6.07) is 22.7. The van der Waals surface area contributed by atoms with E-state index in [2.05, 4.69) is 6.92 Å². The molecular formula is C30H30O5. The second kappa shape index (κ2) is 11.3. The average molecular weight is 471 g/mol. The second-order valence-corrected chi connectivity index (χ2v) is 8.33. The van der Waals surface area contributed by atoms with Gasteiger partial charge in [0.15, 0.2) is 11.5 Å². The Morgan fingerprint density at radius 1 is 0.829 bits per heavy atom. The quantitative estimate of drug-likeness (QED) is 0.253. The molecule has 0 aliphatic heterocycles. The maximum Gasteiger partial charge on any atom is 0.344 e. The fourth-order valence-corrected chi connectivity index (χ4v) is 4.09. The number of rotatable bonds is 5. The SMILES string of the molecule is CCc1ccc(OC(=O)c2cccc3ccccc23)c(OC)c1.Cc1cc(C)c(C(=O)O)c(C)c1. The number of aromatic carboxylic acids is 1. The molecular weight excluding hydrogens is 440 g/mol. The number of hydrogen-bond donors (Lipinski definition) is 1. The summed E-state index contributed by atoms with van der Waals surface area (Å²) in [6.45, 7) is 7.68. The zero-order valence-electron chi connectivity index (χ0n) is 20.7. The van der Waals surface area contributed by atoms with Crippen LogP contribution in [0.4, 0.5) is 0 Å². The lowest BCUT2D eigenvalue weighted by molar-refractivity contribution is 0.0692. The van der Waals surface area contributed by atoms with Gasteiger partial charge in [-0.25, -0.2) is 9.59 Å². The summed E-state index contributed by atoms with van der Waals surface area (Å²) in [5.74, 6) is -0.227. The number of benzene rings is 4. The molecule has 0 spiro atoms. The molecule has 0 heterocycles. The molecule has 4 aromatic rings. The van der Waals surface area contributed by atoms with Gasteiger partial charge in [-0.15, -0.1) is 0 Å². The van der Waals surface area contributed by atoms with Gasteiger partial charge >= 0.3 is 11.9 Å². The number of methoxy groups -OCH3 is 1. The third kappa shape index (κ3) is 6.07. The molecule has 4 aromatic carbocycles. The van der Waals surface area contributed by atoms with Gasteiger partial charge in [0.1, 0.15) is 0 Å². The van der Waals surface area contributed by atoms with E-state index in [1.807, 2.05) is 81.4 Å². The minimum absolute atomic E-state index is 0.385. The third-order valence-electron chi connectivity index (χ3n) is 5.74. The fourth-order valence-electron chi connectivity index (χ4n) is 4.09. The van der Waals surface area contributed by atoms with Gasteiger partial charge in [0.25, 0.3) is 0 Å². The number of carboxylic acids is 1. The molecule has 35 heavy (non-hydrogen) atoms. The molecule has 0 amide bonds. The van der Waals surface area contributed by atoms with Crippen molar-refractivity contribution in [3.8, 4) is 11.5 Å². The number of carbonyl (C=O) groups is 2. The Bertz CT molecular complexity index is 1340. The van der Waals surface area contributed by atoms with Crippen LogP contribution in [-0.2, 0) is 6.42 Å². The fraction of sp³-hybridized carbons (Fsp3) is 0.200. The first kappa shape index (κ1) is 25.5. The minimum atomic E-state index is -0.843. The van der Waals surface area contributed by atoms with Crippen LogP contribution in [0.3, 0.4) is 0 Å². The van der Waals surface area contributed by atoms with E-state index in [1.165, 1.54) is 0 Å². The zero-order valence-corrected chi connectivity index (χ0v) is 20.7. The summed E-state index contributed by atoms with van der Waals surface area (Å²) in [5.41, 5.74) is 4.88. The lowest BCUT2D eigenvalue weighted by atomic mass is 10.0. The van der Waals surface area contributed by atoms with Gasteiger partial charge in [-0.05, 0) is 72.9 Å². The van der Waals surface area contributed by atoms with E-state index < -0.39 is 5.97 Å². The molecule has 0 aromatic heterocycles. The lowest BCUT2D eigenvalue weighted by Gasteiger charge is -2.11. The van der Waals surface area contributed by atoms with Gasteiger partial charge in [-0.1, -0.05) is 67.1 Å². The van der Waals surface area contributed by atoms with Crippen LogP contribution in [0.5, 0.6) is 11.5 Å². The number of hydrogen-bond acceptors (Lipinski definition) is 4. The molecule has 0 aliphatic rings.